The Morgan fingerprint density at radius 1 is 1.53 bits per heavy atom. The van der Waals surface area contributed by atoms with E-state index in [1.165, 1.54) is 6.20 Å². The molecular weight excluding hydrogens is 282 g/mol. The number of pyridine rings is 1. The Balaban J connectivity index is 2.70. The molecule has 0 bridgehead atoms. The standard InChI is InChI=1S/C13H20ClN3OS/c1-5-15-11-10(14)6-9(7-16-11)12(18)17-8-13(2,3)19-4/h6-7H,5,8H2,1-4H3,(H,15,16)(H,17,18). The minimum atomic E-state index is -0.153. The SMILES string of the molecule is CCNc1ncc(C(=O)NCC(C)(C)SC)cc1Cl. The number of anilines is 1. The molecule has 0 saturated heterocycles. The van der Waals surface area contributed by atoms with Crippen molar-refractivity contribution in [2.24, 2.45) is 0 Å². The van der Waals surface area contributed by atoms with E-state index in [2.05, 4.69) is 29.5 Å². The first-order valence-corrected chi connectivity index (χ1v) is 7.72. The predicted octanol–water partition coefficient (Wildman–Crippen LogP) is 3.04. The van der Waals surface area contributed by atoms with Crippen LogP contribution in [0.5, 0.6) is 0 Å². The highest BCUT2D eigenvalue weighted by atomic mass is 35.5. The largest absolute Gasteiger partial charge is 0.369 e. The van der Waals surface area contributed by atoms with Gasteiger partial charge in [-0.2, -0.15) is 11.8 Å². The molecule has 1 aromatic rings. The molecule has 6 heteroatoms. The predicted molar refractivity (Wildman–Crippen MR) is 83.3 cm³/mol. The average molecular weight is 302 g/mol. The number of carbonyl (C=O) groups excluding carboxylic acids is 1. The van der Waals surface area contributed by atoms with Gasteiger partial charge < -0.3 is 10.6 Å². The van der Waals surface area contributed by atoms with Crippen LogP contribution in [-0.2, 0) is 0 Å². The van der Waals surface area contributed by atoms with Crippen molar-refractivity contribution in [2.75, 3.05) is 24.7 Å². The van der Waals surface area contributed by atoms with Crippen LogP contribution in [0.1, 0.15) is 31.1 Å². The molecule has 0 aliphatic rings. The molecule has 0 radical (unpaired) electrons. The summed E-state index contributed by atoms with van der Waals surface area (Å²) in [6, 6.07) is 1.63. The molecule has 0 atom stereocenters. The number of nitrogens with one attached hydrogen (secondary N) is 2. The molecule has 0 fully saturated rings. The van der Waals surface area contributed by atoms with Gasteiger partial charge in [0.1, 0.15) is 5.82 Å². The Kier molecular flexibility index (Phi) is 5.94. The zero-order valence-corrected chi connectivity index (χ0v) is 13.3. The van der Waals surface area contributed by atoms with E-state index in [4.69, 9.17) is 11.6 Å². The van der Waals surface area contributed by atoms with Crippen molar-refractivity contribution in [3.8, 4) is 0 Å². The molecule has 1 aromatic heterocycles. The lowest BCUT2D eigenvalue weighted by Crippen LogP contribution is -2.36. The van der Waals surface area contributed by atoms with Gasteiger partial charge in [0.05, 0.1) is 10.6 Å². The van der Waals surface area contributed by atoms with E-state index in [-0.39, 0.29) is 10.7 Å². The Bertz CT molecular complexity index is 452. The second-order valence-corrected chi connectivity index (χ2v) is 6.65. The van der Waals surface area contributed by atoms with E-state index in [1.54, 1.807) is 17.8 Å². The summed E-state index contributed by atoms with van der Waals surface area (Å²) < 4.78 is 0.0105. The summed E-state index contributed by atoms with van der Waals surface area (Å²) >= 11 is 7.77. The summed E-state index contributed by atoms with van der Waals surface area (Å²) in [7, 11) is 0. The molecule has 0 aliphatic carbocycles. The maximum atomic E-state index is 12.0. The quantitative estimate of drug-likeness (QED) is 0.848. The number of amides is 1. The maximum Gasteiger partial charge on any atom is 0.252 e. The fourth-order valence-electron chi connectivity index (χ4n) is 1.33. The van der Waals surface area contributed by atoms with Gasteiger partial charge in [-0.1, -0.05) is 11.6 Å². The minimum Gasteiger partial charge on any atom is -0.369 e. The third kappa shape index (κ3) is 4.91. The number of thioether (sulfide) groups is 1. The summed E-state index contributed by atoms with van der Waals surface area (Å²) in [6.45, 7) is 7.46. The molecule has 106 valence electrons. The molecule has 1 amide bonds. The van der Waals surface area contributed by atoms with Crippen LogP contribution in [0, 0.1) is 0 Å². The molecule has 0 spiro atoms. The van der Waals surface area contributed by atoms with Crippen molar-refractivity contribution in [2.45, 2.75) is 25.5 Å². The van der Waals surface area contributed by atoms with E-state index in [1.807, 2.05) is 13.2 Å². The number of carbonyl (C=O) groups is 1. The second kappa shape index (κ2) is 7.01. The summed E-state index contributed by atoms with van der Waals surface area (Å²) in [4.78, 5) is 16.1. The highest BCUT2D eigenvalue weighted by Crippen LogP contribution is 2.21. The van der Waals surface area contributed by atoms with Crippen LogP contribution in [-0.4, -0.2) is 35.0 Å². The summed E-state index contributed by atoms with van der Waals surface area (Å²) in [5.74, 6) is 0.449. The number of rotatable bonds is 6. The lowest BCUT2D eigenvalue weighted by atomic mass is 10.2. The van der Waals surface area contributed by atoms with Crippen molar-refractivity contribution in [1.82, 2.24) is 10.3 Å². The summed E-state index contributed by atoms with van der Waals surface area (Å²) in [6.07, 6.45) is 3.56. The van der Waals surface area contributed by atoms with Gasteiger partial charge >= 0.3 is 0 Å². The van der Waals surface area contributed by atoms with Gasteiger partial charge in [0.2, 0.25) is 0 Å². The Hall–Kier alpha value is -0.940. The van der Waals surface area contributed by atoms with Gasteiger partial charge in [-0.15, -0.1) is 0 Å². The Morgan fingerprint density at radius 2 is 2.21 bits per heavy atom. The van der Waals surface area contributed by atoms with Crippen LogP contribution in [0.15, 0.2) is 12.3 Å². The average Bonchev–Trinajstić information content (AvgIpc) is 2.38. The highest BCUT2D eigenvalue weighted by molar-refractivity contribution is 7.99. The maximum absolute atomic E-state index is 12.0. The van der Waals surface area contributed by atoms with Crippen LogP contribution < -0.4 is 10.6 Å². The van der Waals surface area contributed by atoms with Crippen LogP contribution in [0.4, 0.5) is 5.82 Å². The number of nitrogens with zero attached hydrogens (tertiary/aromatic N) is 1. The van der Waals surface area contributed by atoms with Gasteiger partial charge in [0.25, 0.3) is 5.91 Å². The first-order chi connectivity index (χ1) is 8.89. The topological polar surface area (TPSA) is 54.0 Å². The molecule has 2 N–H and O–H groups in total. The molecular formula is C13H20ClN3OS. The molecule has 0 aliphatic heterocycles. The van der Waals surface area contributed by atoms with Gasteiger partial charge in [-0.3, -0.25) is 4.79 Å². The first-order valence-electron chi connectivity index (χ1n) is 6.12. The monoisotopic (exact) mass is 301 g/mol. The van der Waals surface area contributed by atoms with E-state index in [0.29, 0.717) is 22.9 Å². The molecule has 0 aromatic carbocycles. The number of hydrogen-bond donors (Lipinski definition) is 2. The lowest BCUT2D eigenvalue weighted by molar-refractivity contribution is 0.0950. The smallest absolute Gasteiger partial charge is 0.252 e. The van der Waals surface area contributed by atoms with E-state index in [9.17, 15) is 4.79 Å². The van der Waals surface area contributed by atoms with Crippen LogP contribution in [0.3, 0.4) is 0 Å². The van der Waals surface area contributed by atoms with Crippen LogP contribution >= 0.6 is 23.4 Å². The van der Waals surface area contributed by atoms with E-state index >= 15 is 0 Å². The van der Waals surface area contributed by atoms with E-state index < -0.39 is 0 Å². The summed E-state index contributed by atoms with van der Waals surface area (Å²) in [5, 5.41) is 6.38. The molecule has 4 nitrogen and oxygen atoms in total. The normalized spacial score (nSPS) is 11.2. The molecule has 0 saturated carbocycles. The third-order valence-corrected chi connectivity index (χ3v) is 4.21. The highest BCUT2D eigenvalue weighted by Gasteiger charge is 2.18. The summed E-state index contributed by atoms with van der Waals surface area (Å²) in [5.41, 5.74) is 0.476. The molecule has 1 rings (SSSR count). The first kappa shape index (κ1) is 16.1. The zero-order chi connectivity index (χ0) is 14.5. The molecule has 0 unspecified atom stereocenters. The Morgan fingerprint density at radius 3 is 2.74 bits per heavy atom. The Labute approximate surface area is 123 Å². The fraction of sp³-hybridized carbons (Fsp3) is 0.538. The molecule has 19 heavy (non-hydrogen) atoms. The van der Waals surface area contributed by atoms with Crippen molar-refractivity contribution in [1.29, 1.82) is 0 Å². The fourth-order valence-corrected chi connectivity index (χ4v) is 1.78. The van der Waals surface area contributed by atoms with Crippen molar-refractivity contribution in [3.05, 3.63) is 22.8 Å². The minimum absolute atomic E-state index is 0.0105. The van der Waals surface area contributed by atoms with Crippen LogP contribution in [0.25, 0.3) is 0 Å². The van der Waals surface area contributed by atoms with Gasteiger partial charge in [-0.25, -0.2) is 4.98 Å². The second-order valence-electron chi connectivity index (χ2n) is 4.73. The zero-order valence-electron chi connectivity index (χ0n) is 11.7. The third-order valence-electron chi connectivity index (χ3n) is 2.67. The van der Waals surface area contributed by atoms with Crippen molar-refractivity contribution in [3.63, 3.8) is 0 Å². The van der Waals surface area contributed by atoms with Gasteiger partial charge in [-0.05, 0) is 33.1 Å². The molecule has 1 heterocycles. The van der Waals surface area contributed by atoms with Crippen molar-refractivity contribution < 1.29 is 4.79 Å². The van der Waals surface area contributed by atoms with Crippen molar-refractivity contribution >= 4 is 35.1 Å². The van der Waals surface area contributed by atoms with E-state index in [0.717, 1.165) is 6.54 Å². The number of halogens is 1. The van der Waals surface area contributed by atoms with Gasteiger partial charge in [0, 0.05) is 24.0 Å². The van der Waals surface area contributed by atoms with Crippen LogP contribution in [0.2, 0.25) is 5.02 Å². The number of hydrogen-bond acceptors (Lipinski definition) is 4. The number of aromatic nitrogens is 1. The lowest BCUT2D eigenvalue weighted by Gasteiger charge is -2.22. The van der Waals surface area contributed by atoms with Gasteiger partial charge in [0.15, 0.2) is 0 Å².